The molecule has 0 heterocycles. The van der Waals surface area contributed by atoms with Crippen molar-refractivity contribution >= 4 is 12.4 Å². The Hall–Kier alpha value is -0.980. The van der Waals surface area contributed by atoms with Gasteiger partial charge in [0.25, 0.3) is 0 Å². The zero-order chi connectivity index (χ0) is 13.9. The third-order valence-corrected chi connectivity index (χ3v) is 2.31. The normalized spacial score (nSPS) is 14.7. The Kier molecular flexibility index (Phi) is 6.62. The molecule has 2 atom stereocenters. The molecule has 3 N–H and O–H groups in total. The van der Waals surface area contributed by atoms with Gasteiger partial charge in [0.05, 0.1) is 12.1 Å². The summed E-state index contributed by atoms with van der Waals surface area (Å²) in [6.07, 6.45) is -7.33. The third kappa shape index (κ3) is 5.26. The average Bonchev–Trinajstić information content (AvgIpc) is 2.26. The number of hydrogen-bond acceptors (Lipinski definition) is 3. The van der Waals surface area contributed by atoms with Gasteiger partial charge in [-0.3, -0.25) is 0 Å². The van der Waals surface area contributed by atoms with E-state index in [0.717, 1.165) is 0 Å². The number of nitrogens with two attached hydrogens (primary N) is 1. The largest absolute Gasteiger partial charge is 0.491 e. The molecule has 0 aliphatic rings. The molecule has 1 aromatic rings. The zero-order valence-electron chi connectivity index (χ0n) is 10.5. The van der Waals surface area contributed by atoms with Crippen molar-refractivity contribution in [3.63, 3.8) is 0 Å². The Bertz CT molecular complexity index is 382. The van der Waals surface area contributed by atoms with Crippen molar-refractivity contribution in [2.45, 2.75) is 38.3 Å². The molecule has 0 spiro atoms. The molecule has 0 fully saturated rings. The van der Waals surface area contributed by atoms with Crippen LogP contribution in [0, 0.1) is 0 Å². The smallest absolute Gasteiger partial charge is 0.416 e. The maximum absolute atomic E-state index is 12.3. The number of ether oxygens (including phenoxy) is 1. The number of alkyl halides is 3. The van der Waals surface area contributed by atoms with Gasteiger partial charge < -0.3 is 15.6 Å². The van der Waals surface area contributed by atoms with Crippen molar-refractivity contribution < 1.29 is 23.0 Å². The molecule has 7 heteroatoms. The van der Waals surface area contributed by atoms with Gasteiger partial charge in [0.1, 0.15) is 5.75 Å². The maximum atomic E-state index is 12.3. The van der Waals surface area contributed by atoms with Crippen LogP contribution < -0.4 is 10.5 Å². The lowest BCUT2D eigenvalue weighted by molar-refractivity contribution is -0.210. The SMILES string of the molecule is CC(C)Oc1ccc([C@@H](N)[C@@H](O)C(F)(F)F)cc1.Cl. The molecular weight excluding hydrogens is 283 g/mol. The average molecular weight is 300 g/mol. The maximum Gasteiger partial charge on any atom is 0.416 e. The van der Waals surface area contributed by atoms with Gasteiger partial charge in [-0.1, -0.05) is 12.1 Å². The summed E-state index contributed by atoms with van der Waals surface area (Å²) < 4.78 is 42.2. The Morgan fingerprint density at radius 1 is 1.16 bits per heavy atom. The van der Waals surface area contributed by atoms with Crippen LogP contribution in [0.3, 0.4) is 0 Å². The van der Waals surface area contributed by atoms with Crippen molar-refractivity contribution in [3.05, 3.63) is 29.8 Å². The van der Waals surface area contributed by atoms with Crippen LogP contribution in [0.15, 0.2) is 24.3 Å². The minimum absolute atomic E-state index is 0. The van der Waals surface area contributed by atoms with E-state index in [1.807, 2.05) is 13.8 Å². The number of aliphatic hydroxyl groups excluding tert-OH is 1. The summed E-state index contributed by atoms with van der Waals surface area (Å²) in [6.45, 7) is 3.68. The van der Waals surface area contributed by atoms with Gasteiger partial charge in [0, 0.05) is 0 Å². The second-order valence-corrected chi connectivity index (χ2v) is 4.25. The molecule has 110 valence electrons. The van der Waals surface area contributed by atoms with E-state index in [4.69, 9.17) is 15.6 Å². The highest BCUT2D eigenvalue weighted by atomic mass is 35.5. The van der Waals surface area contributed by atoms with Crippen LogP contribution in [0.2, 0.25) is 0 Å². The minimum Gasteiger partial charge on any atom is -0.491 e. The van der Waals surface area contributed by atoms with Crippen LogP contribution >= 0.6 is 12.4 Å². The van der Waals surface area contributed by atoms with Crippen molar-refractivity contribution in [3.8, 4) is 5.75 Å². The molecule has 0 amide bonds. The van der Waals surface area contributed by atoms with E-state index < -0.39 is 18.3 Å². The van der Waals surface area contributed by atoms with Gasteiger partial charge in [0.2, 0.25) is 0 Å². The van der Waals surface area contributed by atoms with Crippen molar-refractivity contribution in [2.75, 3.05) is 0 Å². The highest BCUT2D eigenvalue weighted by molar-refractivity contribution is 5.85. The molecule has 1 aromatic carbocycles. The third-order valence-electron chi connectivity index (χ3n) is 2.31. The van der Waals surface area contributed by atoms with Crippen LogP contribution in [-0.2, 0) is 0 Å². The fourth-order valence-electron chi connectivity index (χ4n) is 1.43. The second-order valence-electron chi connectivity index (χ2n) is 4.25. The topological polar surface area (TPSA) is 55.5 Å². The van der Waals surface area contributed by atoms with Crippen LogP contribution in [0.5, 0.6) is 5.75 Å². The lowest BCUT2D eigenvalue weighted by Crippen LogP contribution is -2.38. The van der Waals surface area contributed by atoms with Crippen LogP contribution in [-0.4, -0.2) is 23.5 Å². The monoisotopic (exact) mass is 299 g/mol. The molecule has 0 saturated heterocycles. The lowest BCUT2D eigenvalue weighted by atomic mass is 10.0. The van der Waals surface area contributed by atoms with E-state index in [9.17, 15) is 13.2 Å². The first-order valence-electron chi connectivity index (χ1n) is 5.49. The minimum atomic E-state index is -4.73. The Morgan fingerprint density at radius 3 is 2.00 bits per heavy atom. The zero-order valence-corrected chi connectivity index (χ0v) is 11.3. The van der Waals surface area contributed by atoms with Crippen LogP contribution in [0.25, 0.3) is 0 Å². The van der Waals surface area contributed by atoms with E-state index in [1.165, 1.54) is 24.3 Å². The van der Waals surface area contributed by atoms with Crippen molar-refractivity contribution in [1.29, 1.82) is 0 Å². The predicted octanol–water partition coefficient (Wildman–Crippen LogP) is 2.82. The van der Waals surface area contributed by atoms with Gasteiger partial charge >= 0.3 is 6.18 Å². The van der Waals surface area contributed by atoms with Gasteiger partial charge in [-0.05, 0) is 31.5 Å². The first-order chi connectivity index (χ1) is 8.21. The van der Waals surface area contributed by atoms with Gasteiger partial charge in [-0.15, -0.1) is 12.4 Å². The van der Waals surface area contributed by atoms with Gasteiger partial charge in [0.15, 0.2) is 6.10 Å². The number of halogens is 4. The summed E-state index contributed by atoms with van der Waals surface area (Å²) in [5.41, 5.74) is 5.57. The number of aliphatic hydroxyl groups is 1. The summed E-state index contributed by atoms with van der Waals surface area (Å²) >= 11 is 0. The fourth-order valence-corrected chi connectivity index (χ4v) is 1.43. The standard InChI is InChI=1S/C12H16F3NO2.ClH/c1-7(2)18-9-5-3-8(4-6-9)10(16)11(17)12(13,14)15;/h3-7,10-11,17H,16H2,1-2H3;1H/t10-,11-;/m1./s1. The molecule has 0 aliphatic heterocycles. The van der Waals surface area contributed by atoms with Crippen LogP contribution in [0.4, 0.5) is 13.2 Å². The van der Waals surface area contributed by atoms with Gasteiger partial charge in [-0.2, -0.15) is 13.2 Å². The van der Waals surface area contributed by atoms with Crippen molar-refractivity contribution in [1.82, 2.24) is 0 Å². The van der Waals surface area contributed by atoms with E-state index in [0.29, 0.717) is 5.75 Å². The van der Waals surface area contributed by atoms with E-state index >= 15 is 0 Å². The summed E-state index contributed by atoms with van der Waals surface area (Å²) in [6, 6.07) is 4.38. The Labute approximate surface area is 116 Å². The molecule has 0 bridgehead atoms. The van der Waals surface area contributed by atoms with E-state index in [1.54, 1.807) is 0 Å². The van der Waals surface area contributed by atoms with Crippen molar-refractivity contribution in [2.24, 2.45) is 5.73 Å². The molecule has 0 unspecified atom stereocenters. The number of benzene rings is 1. The molecular formula is C12H17ClF3NO2. The van der Waals surface area contributed by atoms with Gasteiger partial charge in [-0.25, -0.2) is 0 Å². The molecule has 3 nitrogen and oxygen atoms in total. The highest BCUT2D eigenvalue weighted by Gasteiger charge is 2.42. The Balaban J connectivity index is 0.00000324. The fraction of sp³-hybridized carbons (Fsp3) is 0.500. The quantitative estimate of drug-likeness (QED) is 0.899. The van der Waals surface area contributed by atoms with Crippen LogP contribution in [0.1, 0.15) is 25.5 Å². The molecule has 0 aliphatic carbocycles. The lowest BCUT2D eigenvalue weighted by Gasteiger charge is -2.21. The molecule has 0 saturated carbocycles. The number of hydrogen-bond donors (Lipinski definition) is 2. The summed E-state index contributed by atoms with van der Waals surface area (Å²) in [4.78, 5) is 0. The Morgan fingerprint density at radius 2 is 1.63 bits per heavy atom. The molecule has 1 rings (SSSR count). The molecule has 0 radical (unpaired) electrons. The first-order valence-corrected chi connectivity index (χ1v) is 5.49. The summed E-state index contributed by atoms with van der Waals surface area (Å²) in [5, 5.41) is 9.04. The predicted molar refractivity (Wildman–Crippen MR) is 68.4 cm³/mol. The molecule has 19 heavy (non-hydrogen) atoms. The molecule has 0 aromatic heterocycles. The first kappa shape index (κ1) is 18.0. The number of rotatable bonds is 4. The van der Waals surface area contributed by atoms with E-state index in [2.05, 4.69) is 0 Å². The summed E-state index contributed by atoms with van der Waals surface area (Å²) in [7, 11) is 0. The second kappa shape index (κ2) is 6.98. The summed E-state index contributed by atoms with van der Waals surface area (Å²) in [5.74, 6) is 0.544. The highest BCUT2D eigenvalue weighted by Crippen LogP contribution is 2.29. The van der Waals surface area contributed by atoms with E-state index in [-0.39, 0.29) is 24.1 Å².